The van der Waals surface area contributed by atoms with E-state index in [9.17, 15) is 0 Å². The molecule has 2 aliphatic carbocycles. The van der Waals surface area contributed by atoms with Crippen molar-refractivity contribution in [2.24, 2.45) is 18.4 Å². The molecule has 1 atom stereocenters. The van der Waals surface area contributed by atoms with E-state index in [-0.39, 0.29) is 6.04 Å². The van der Waals surface area contributed by atoms with Crippen LogP contribution in [0.15, 0.2) is 73.6 Å². The van der Waals surface area contributed by atoms with Crippen LogP contribution < -0.4 is 10.6 Å². The summed E-state index contributed by atoms with van der Waals surface area (Å²) >= 11 is 0. The van der Waals surface area contributed by atoms with Crippen LogP contribution in [-0.2, 0) is 13.5 Å². The highest BCUT2D eigenvalue weighted by Gasteiger charge is 2.45. The Kier molecular flexibility index (Phi) is 10.1. The first-order chi connectivity index (χ1) is 21.2. The summed E-state index contributed by atoms with van der Waals surface area (Å²) in [4.78, 5) is 11.5. The Hall–Kier alpha value is -3.64. The minimum Gasteiger partial charge on any atom is -0.377 e. The maximum atomic E-state index is 4.66. The molecule has 3 heterocycles. The Morgan fingerprint density at radius 3 is 2.57 bits per heavy atom. The zero-order chi connectivity index (χ0) is 31.3. The monoisotopic (exact) mass is 592 g/mol. The molecular formula is C38H52N6. The van der Waals surface area contributed by atoms with Crippen molar-refractivity contribution < 1.29 is 0 Å². The fourth-order valence-electron chi connectivity index (χ4n) is 6.66. The van der Waals surface area contributed by atoms with Gasteiger partial charge in [0.05, 0.1) is 30.0 Å². The molecular weight excluding hydrogens is 540 g/mol. The van der Waals surface area contributed by atoms with E-state index < -0.39 is 0 Å². The topological polar surface area (TPSA) is 58.0 Å². The first kappa shape index (κ1) is 31.8. The third-order valence-corrected chi connectivity index (χ3v) is 9.77. The van der Waals surface area contributed by atoms with Crippen LogP contribution in [0.3, 0.4) is 0 Å². The fraction of sp³-hybridized carbons (Fsp3) is 0.474. The number of nitrogens with one attached hydrogen (secondary N) is 2. The Bertz CT molecular complexity index is 1480. The van der Waals surface area contributed by atoms with Crippen LogP contribution in [0.25, 0.3) is 11.6 Å². The maximum Gasteiger partial charge on any atom is 0.0946 e. The largest absolute Gasteiger partial charge is 0.377 e. The van der Waals surface area contributed by atoms with Gasteiger partial charge in [0.15, 0.2) is 0 Å². The minimum atomic E-state index is -0.0340. The molecule has 1 aliphatic heterocycles. The number of fused-ring (bicyclic) bond motifs is 2. The Balaban J connectivity index is 0.000000215. The number of benzene rings is 1. The molecule has 2 aromatic heterocycles. The summed E-state index contributed by atoms with van der Waals surface area (Å²) in [6, 6.07) is 10.9. The quantitative estimate of drug-likeness (QED) is 0.256. The minimum absolute atomic E-state index is 0.0340. The predicted octanol–water partition coefficient (Wildman–Crippen LogP) is 7.44. The summed E-state index contributed by atoms with van der Waals surface area (Å²) in [5.41, 5.74) is 11.5. The molecule has 6 rings (SSSR count). The number of allylic oxidation sites excluding steroid dienone is 2. The van der Waals surface area contributed by atoms with Crippen LogP contribution in [-0.4, -0.2) is 45.6 Å². The van der Waals surface area contributed by atoms with Gasteiger partial charge in [0.2, 0.25) is 0 Å². The molecule has 1 unspecified atom stereocenters. The average molecular weight is 593 g/mol. The lowest BCUT2D eigenvalue weighted by Gasteiger charge is -2.33. The molecule has 6 heteroatoms. The number of hydrogen-bond donors (Lipinski definition) is 2. The van der Waals surface area contributed by atoms with Crippen molar-refractivity contribution in [3.05, 3.63) is 107 Å². The van der Waals surface area contributed by atoms with Crippen molar-refractivity contribution in [1.29, 1.82) is 0 Å². The molecule has 1 saturated heterocycles. The molecule has 6 nitrogen and oxygen atoms in total. The van der Waals surface area contributed by atoms with E-state index in [0.29, 0.717) is 5.41 Å². The highest BCUT2D eigenvalue weighted by Crippen LogP contribution is 2.56. The number of piperazine rings is 1. The van der Waals surface area contributed by atoms with Crippen LogP contribution >= 0.6 is 0 Å². The molecule has 0 amide bonds. The number of imidazole rings is 1. The average Bonchev–Trinajstić information content (AvgIpc) is 3.72. The highest BCUT2D eigenvalue weighted by atomic mass is 15.2. The summed E-state index contributed by atoms with van der Waals surface area (Å²) in [6.07, 6.45) is 14.9. The van der Waals surface area contributed by atoms with Gasteiger partial charge in [-0.15, -0.1) is 0 Å². The summed E-state index contributed by atoms with van der Waals surface area (Å²) in [5.74, 6) is 0.817. The lowest BCUT2D eigenvalue weighted by Crippen LogP contribution is -2.43. The second-order valence-electron chi connectivity index (χ2n) is 13.3. The van der Waals surface area contributed by atoms with Crippen molar-refractivity contribution in [2.45, 2.75) is 72.3 Å². The standard InChI is InChI=1S/C25H28N4.C13H24N2/c1-5-7-18(3)28-25(24-15-26-16-29(24)4)22-13-20-8-6-11-27-23(20)14-19-10-9-17(2)12-21(19)22;1-11(2)13(4-5-13)10-12(3)15-8-6-14-7-9-15/h6,8-13,15-16,25,28H,3,5,7,14H2,1-2,4H3;11,14H,3-10H2,1-2H3. The number of rotatable bonds is 10. The molecule has 3 aromatic rings. The third kappa shape index (κ3) is 7.35. The zero-order valence-corrected chi connectivity index (χ0v) is 27.6. The van der Waals surface area contributed by atoms with Gasteiger partial charge in [-0.1, -0.05) is 70.2 Å². The van der Waals surface area contributed by atoms with Crippen molar-refractivity contribution in [3.8, 4) is 0 Å². The van der Waals surface area contributed by atoms with Crippen LogP contribution in [0.1, 0.15) is 92.6 Å². The van der Waals surface area contributed by atoms with Crippen LogP contribution in [0.5, 0.6) is 0 Å². The van der Waals surface area contributed by atoms with E-state index in [1.54, 1.807) is 0 Å². The molecule has 1 aromatic carbocycles. The van der Waals surface area contributed by atoms with E-state index in [4.69, 9.17) is 0 Å². The lowest BCUT2D eigenvalue weighted by atomic mass is 9.87. The van der Waals surface area contributed by atoms with Gasteiger partial charge in [-0.2, -0.15) is 0 Å². The van der Waals surface area contributed by atoms with Gasteiger partial charge in [0, 0.05) is 57.2 Å². The number of hydrogen-bond acceptors (Lipinski definition) is 5. The SMILES string of the molecule is C=C(CC1(C(C)C)CC1)N1CCNCC1.C=C(CCC)NC(C1=Cc2cccnc2Cc2ccc(C)cc21)c1cncn1C. The molecule has 234 valence electrons. The molecule has 2 N–H and O–H groups in total. The second kappa shape index (κ2) is 14.0. The maximum absolute atomic E-state index is 4.66. The van der Waals surface area contributed by atoms with Gasteiger partial charge in [-0.05, 0) is 78.3 Å². The molecule has 0 spiro atoms. The molecule has 3 aliphatic rings. The molecule has 0 radical (unpaired) electrons. The first-order valence-corrected chi connectivity index (χ1v) is 16.5. The third-order valence-electron chi connectivity index (χ3n) is 9.77. The van der Waals surface area contributed by atoms with E-state index in [1.165, 1.54) is 52.8 Å². The lowest BCUT2D eigenvalue weighted by molar-refractivity contribution is 0.256. The molecule has 2 fully saturated rings. The van der Waals surface area contributed by atoms with Gasteiger partial charge in [0.1, 0.15) is 0 Å². The molecule has 0 bridgehead atoms. The zero-order valence-electron chi connectivity index (χ0n) is 27.6. The van der Waals surface area contributed by atoms with Gasteiger partial charge in [0.25, 0.3) is 0 Å². The Labute approximate surface area is 265 Å². The molecule has 1 saturated carbocycles. The van der Waals surface area contributed by atoms with Crippen LogP contribution in [0.2, 0.25) is 0 Å². The highest BCUT2D eigenvalue weighted by molar-refractivity contribution is 5.88. The van der Waals surface area contributed by atoms with Crippen molar-refractivity contribution in [2.75, 3.05) is 26.2 Å². The van der Waals surface area contributed by atoms with Crippen LogP contribution in [0.4, 0.5) is 0 Å². The predicted molar refractivity (Wildman–Crippen MR) is 184 cm³/mol. The number of pyridine rings is 1. The summed E-state index contributed by atoms with van der Waals surface area (Å²) in [7, 11) is 2.05. The van der Waals surface area contributed by atoms with E-state index in [0.717, 1.165) is 68.4 Å². The van der Waals surface area contributed by atoms with E-state index in [2.05, 4.69) is 101 Å². The van der Waals surface area contributed by atoms with Gasteiger partial charge >= 0.3 is 0 Å². The summed E-state index contributed by atoms with van der Waals surface area (Å²) in [6.45, 7) is 22.1. The first-order valence-electron chi connectivity index (χ1n) is 16.5. The smallest absolute Gasteiger partial charge is 0.0946 e. The van der Waals surface area contributed by atoms with Crippen molar-refractivity contribution >= 4 is 11.6 Å². The molecule has 44 heavy (non-hydrogen) atoms. The van der Waals surface area contributed by atoms with Crippen LogP contribution in [0, 0.1) is 18.3 Å². The fourth-order valence-corrected chi connectivity index (χ4v) is 6.66. The number of aryl methyl sites for hydroxylation is 2. The van der Waals surface area contributed by atoms with E-state index >= 15 is 0 Å². The number of aromatic nitrogens is 3. The van der Waals surface area contributed by atoms with Gasteiger partial charge in [-0.3, -0.25) is 4.98 Å². The van der Waals surface area contributed by atoms with Gasteiger partial charge in [-0.25, -0.2) is 4.98 Å². The van der Waals surface area contributed by atoms with Crippen molar-refractivity contribution in [3.63, 3.8) is 0 Å². The summed E-state index contributed by atoms with van der Waals surface area (Å²) in [5, 5.41) is 7.09. The normalized spacial score (nSPS) is 17.3. The van der Waals surface area contributed by atoms with Gasteiger partial charge < -0.3 is 20.1 Å². The Morgan fingerprint density at radius 2 is 1.91 bits per heavy atom. The summed E-state index contributed by atoms with van der Waals surface area (Å²) < 4.78 is 2.09. The Morgan fingerprint density at radius 1 is 1.14 bits per heavy atom. The number of nitrogens with zero attached hydrogens (tertiary/aromatic N) is 4. The second-order valence-corrected chi connectivity index (χ2v) is 13.3. The van der Waals surface area contributed by atoms with Crippen molar-refractivity contribution in [1.82, 2.24) is 30.1 Å². The van der Waals surface area contributed by atoms with E-state index in [1.807, 2.05) is 31.8 Å².